The first-order chi connectivity index (χ1) is 11.9. The molecule has 1 fully saturated rings. The molecule has 0 spiro atoms. The van der Waals surface area contributed by atoms with Gasteiger partial charge in [0.05, 0.1) is 13.2 Å². The van der Waals surface area contributed by atoms with Crippen molar-refractivity contribution in [3.05, 3.63) is 46.7 Å². The van der Waals surface area contributed by atoms with Gasteiger partial charge in [-0.05, 0) is 29.2 Å². The van der Waals surface area contributed by atoms with Crippen LogP contribution in [-0.2, 0) is 14.8 Å². The van der Waals surface area contributed by atoms with Crippen molar-refractivity contribution in [2.24, 2.45) is 0 Å². The van der Waals surface area contributed by atoms with Gasteiger partial charge in [-0.3, -0.25) is 0 Å². The van der Waals surface area contributed by atoms with Crippen molar-refractivity contribution >= 4 is 27.5 Å². The molecule has 0 radical (unpaired) electrons. The molecule has 0 bridgehead atoms. The predicted octanol–water partition coefficient (Wildman–Crippen LogP) is 1.40. The van der Waals surface area contributed by atoms with Crippen LogP contribution in [0.15, 0.2) is 34.5 Å². The molecular formula is C15H16FN3O4S2. The van der Waals surface area contributed by atoms with Crippen LogP contribution in [0.25, 0.3) is 0 Å². The average Bonchev–Trinajstić information content (AvgIpc) is 3.12. The van der Waals surface area contributed by atoms with Crippen molar-refractivity contribution in [3.8, 4) is 0 Å². The average molecular weight is 385 g/mol. The summed E-state index contributed by atoms with van der Waals surface area (Å²) < 4.78 is 49.5. The molecule has 1 unspecified atom stereocenters. The highest BCUT2D eigenvalue weighted by Gasteiger charge is 2.38. The number of methoxy groups -OCH3 is 1. The summed E-state index contributed by atoms with van der Waals surface area (Å²) in [5, 5.41) is 4.43. The van der Waals surface area contributed by atoms with E-state index in [0.29, 0.717) is 18.7 Å². The molecule has 3 rings (SSSR count). The predicted molar refractivity (Wildman–Crippen MR) is 89.4 cm³/mol. The normalized spacial score (nSPS) is 18.9. The van der Waals surface area contributed by atoms with E-state index < -0.39 is 27.9 Å². The van der Waals surface area contributed by atoms with Crippen LogP contribution >= 0.6 is 11.5 Å². The van der Waals surface area contributed by atoms with Crippen molar-refractivity contribution in [3.63, 3.8) is 0 Å². The Morgan fingerprint density at radius 3 is 3.00 bits per heavy atom. The number of benzene rings is 1. The molecule has 0 amide bonds. The molecule has 1 aliphatic rings. The molecule has 0 aliphatic carbocycles. The van der Waals surface area contributed by atoms with E-state index in [2.05, 4.69) is 14.4 Å². The lowest BCUT2D eigenvalue weighted by atomic mass is 10.1. The summed E-state index contributed by atoms with van der Waals surface area (Å²) in [7, 11) is -2.83. The van der Waals surface area contributed by atoms with E-state index in [9.17, 15) is 17.6 Å². The van der Waals surface area contributed by atoms with Crippen molar-refractivity contribution in [1.29, 1.82) is 0 Å². The molecule has 0 saturated carbocycles. The molecule has 1 atom stereocenters. The van der Waals surface area contributed by atoms with Crippen LogP contribution in [0.4, 0.5) is 4.39 Å². The highest BCUT2D eigenvalue weighted by Crippen LogP contribution is 2.31. The number of carbonyl (C=O) groups excluding carboxylic acids is 1. The zero-order chi connectivity index (χ0) is 18.0. The number of hydrogen-bond acceptors (Lipinski definition) is 7. The van der Waals surface area contributed by atoms with E-state index in [1.54, 1.807) is 6.07 Å². The molecule has 25 heavy (non-hydrogen) atoms. The van der Waals surface area contributed by atoms with Crippen LogP contribution in [0, 0.1) is 5.82 Å². The highest BCUT2D eigenvalue weighted by molar-refractivity contribution is 7.89. The Morgan fingerprint density at radius 1 is 1.48 bits per heavy atom. The fourth-order valence-corrected chi connectivity index (χ4v) is 5.44. The van der Waals surface area contributed by atoms with Gasteiger partial charge >= 0.3 is 5.97 Å². The van der Waals surface area contributed by atoms with Crippen LogP contribution in [0.2, 0.25) is 0 Å². The Kier molecular flexibility index (Phi) is 5.13. The second-order valence-electron chi connectivity index (χ2n) is 5.41. The number of esters is 1. The van der Waals surface area contributed by atoms with Crippen LogP contribution in [-0.4, -0.2) is 49.8 Å². The summed E-state index contributed by atoms with van der Waals surface area (Å²) >= 11 is 0.868. The first kappa shape index (κ1) is 17.9. The Balaban J connectivity index is 2.02. The number of nitrogens with zero attached hydrogens (tertiary/aromatic N) is 2. The number of piperazine rings is 1. The lowest BCUT2D eigenvalue weighted by Gasteiger charge is -2.35. The van der Waals surface area contributed by atoms with E-state index in [-0.39, 0.29) is 17.1 Å². The Hall–Kier alpha value is -1.88. The molecule has 2 heterocycles. The van der Waals surface area contributed by atoms with Gasteiger partial charge in [0, 0.05) is 25.0 Å². The van der Waals surface area contributed by atoms with Gasteiger partial charge in [-0.2, -0.15) is 8.68 Å². The minimum Gasteiger partial charge on any atom is -0.464 e. The van der Waals surface area contributed by atoms with Gasteiger partial charge in [-0.25, -0.2) is 17.6 Å². The molecule has 1 aliphatic heterocycles. The Morgan fingerprint density at radius 2 is 2.28 bits per heavy atom. The van der Waals surface area contributed by atoms with E-state index >= 15 is 0 Å². The van der Waals surface area contributed by atoms with Gasteiger partial charge in [-0.15, -0.1) is 0 Å². The van der Waals surface area contributed by atoms with Gasteiger partial charge in [0.2, 0.25) is 10.0 Å². The monoisotopic (exact) mass is 385 g/mol. The number of hydrogen-bond donors (Lipinski definition) is 1. The van der Waals surface area contributed by atoms with E-state index in [1.165, 1.54) is 35.0 Å². The lowest BCUT2D eigenvalue weighted by Crippen LogP contribution is -2.48. The number of nitrogens with one attached hydrogen (secondary N) is 1. The third kappa shape index (κ3) is 3.43. The van der Waals surface area contributed by atoms with Crippen LogP contribution in [0.5, 0.6) is 0 Å². The summed E-state index contributed by atoms with van der Waals surface area (Å²) in [5.74, 6) is -1.25. The summed E-state index contributed by atoms with van der Waals surface area (Å²) in [6.45, 7) is 0.990. The number of sulfonamides is 1. The maximum atomic E-state index is 13.6. The van der Waals surface area contributed by atoms with Crippen LogP contribution in [0.3, 0.4) is 0 Å². The standard InChI is InChI=1S/C15H16FN3O4S2/c1-23-15(20)14-13(9-24-18-14)25(21,22)19-6-5-17-8-12(19)10-3-2-4-11(16)7-10/h2-4,7,9,12,17H,5-6,8H2,1H3. The van der Waals surface area contributed by atoms with Crippen molar-refractivity contribution < 1.29 is 22.3 Å². The maximum Gasteiger partial charge on any atom is 0.359 e. The van der Waals surface area contributed by atoms with Gasteiger partial charge in [-0.1, -0.05) is 12.1 Å². The summed E-state index contributed by atoms with van der Waals surface area (Å²) in [6, 6.07) is 5.25. The minimum atomic E-state index is -4.00. The van der Waals surface area contributed by atoms with E-state index in [1.807, 2.05) is 0 Å². The fourth-order valence-electron chi connectivity index (χ4n) is 2.74. The molecule has 1 N–H and O–H groups in total. The molecule has 7 nitrogen and oxygen atoms in total. The first-order valence-corrected chi connectivity index (χ1v) is 9.73. The summed E-state index contributed by atoms with van der Waals surface area (Å²) in [6.07, 6.45) is 0. The molecule has 1 saturated heterocycles. The SMILES string of the molecule is COC(=O)c1nscc1S(=O)(=O)N1CCNCC1c1cccc(F)c1. The van der Waals surface area contributed by atoms with Crippen molar-refractivity contribution in [1.82, 2.24) is 14.0 Å². The second-order valence-corrected chi connectivity index (χ2v) is 7.90. The number of ether oxygens (including phenoxy) is 1. The highest BCUT2D eigenvalue weighted by atomic mass is 32.2. The van der Waals surface area contributed by atoms with E-state index in [0.717, 1.165) is 11.5 Å². The topological polar surface area (TPSA) is 88.6 Å². The third-order valence-corrected chi connectivity index (χ3v) is 6.63. The van der Waals surface area contributed by atoms with Crippen LogP contribution in [0.1, 0.15) is 22.1 Å². The molecule has 134 valence electrons. The minimum absolute atomic E-state index is 0.187. The Labute approximate surface area is 148 Å². The number of rotatable bonds is 4. The fraction of sp³-hybridized carbons (Fsp3) is 0.333. The Bertz CT molecular complexity index is 884. The molecule has 2 aromatic rings. The van der Waals surface area contributed by atoms with Gasteiger partial charge in [0.25, 0.3) is 0 Å². The van der Waals surface area contributed by atoms with Crippen molar-refractivity contribution in [2.75, 3.05) is 26.7 Å². The smallest absolute Gasteiger partial charge is 0.359 e. The molecule has 1 aromatic heterocycles. The first-order valence-electron chi connectivity index (χ1n) is 7.46. The maximum absolute atomic E-state index is 13.6. The van der Waals surface area contributed by atoms with E-state index in [4.69, 9.17) is 0 Å². The third-order valence-electron chi connectivity index (χ3n) is 3.93. The molecular weight excluding hydrogens is 369 g/mol. The number of halogens is 1. The molecule has 1 aromatic carbocycles. The zero-order valence-corrected chi connectivity index (χ0v) is 14.9. The van der Waals surface area contributed by atoms with Crippen LogP contribution < -0.4 is 5.32 Å². The largest absolute Gasteiger partial charge is 0.464 e. The second kappa shape index (κ2) is 7.16. The summed E-state index contributed by atoms with van der Waals surface area (Å²) in [4.78, 5) is 11.6. The van der Waals surface area contributed by atoms with Gasteiger partial charge in [0.1, 0.15) is 10.7 Å². The zero-order valence-electron chi connectivity index (χ0n) is 13.3. The number of aromatic nitrogens is 1. The quantitative estimate of drug-likeness (QED) is 0.801. The van der Waals surface area contributed by atoms with Gasteiger partial charge < -0.3 is 10.1 Å². The molecule has 10 heteroatoms. The van der Waals surface area contributed by atoms with Crippen molar-refractivity contribution in [2.45, 2.75) is 10.9 Å². The lowest BCUT2D eigenvalue weighted by molar-refractivity contribution is 0.0590. The van der Waals surface area contributed by atoms with Gasteiger partial charge in [0.15, 0.2) is 5.69 Å². The summed E-state index contributed by atoms with van der Waals surface area (Å²) in [5.41, 5.74) is 0.308. The number of carbonyl (C=O) groups is 1.